The van der Waals surface area contributed by atoms with E-state index in [1.165, 1.54) is 6.92 Å². The summed E-state index contributed by atoms with van der Waals surface area (Å²) in [5, 5.41) is 8.82. The number of rotatable bonds is 1. The van der Waals surface area contributed by atoms with Crippen LogP contribution in [0, 0.1) is 11.3 Å². The number of benzene rings is 1. The maximum Gasteiger partial charge on any atom is 0.308 e. The zero-order valence-electron chi connectivity index (χ0n) is 8.89. The highest BCUT2D eigenvalue weighted by Crippen LogP contribution is 2.21. The van der Waals surface area contributed by atoms with Crippen LogP contribution in [0.4, 0.5) is 0 Å². The van der Waals surface area contributed by atoms with Crippen molar-refractivity contribution in [1.29, 1.82) is 5.26 Å². The van der Waals surface area contributed by atoms with Crippen LogP contribution in [-0.4, -0.2) is 15.5 Å². The lowest BCUT2D eigenvalue weighted by Crippen LogP contribution is -2.01. The molecule has 1 aromatic heterocycles. The molecule has 0 aliphatic carbocycles. The molecule has 2 aromatic rings. The van der Waals surface area contributed by atoms with Crippen LogP contribution in [0.5, 0.6) is 5.75 Å². The average molecular weight is 215 g/mol. The van der Waals surface area contributed by atoms with E-state index in [1.54, 1.807) is 29.8 Å². The van der Waals surface area contributed by atoms with Gasteiger partial charge in [-0.2, -0.15) is 5.26 Å². The first-order chi connectivity index (χ1) is 7.61. The van der Waals surface area contributed by atoms with Gasteiger partial charge in [0, 0.05) is 20.0 Å². The molecule has 5 nitrogen and oxygen atoms in total. The van der Waals surface area contributed by atoms with Crippen molar-refractivity contribution in [2.75, 3.05) is 0 Å². The van der Waals surface area contributed by atoms with Crippen molar-refractivity contribution in [3.05, 3.63) is 24.0 Å². The van der Waals surface area contributed by atoms with Gasteiger partial charge in [-0.1, -0.05) is 0 Å². The van der Waals surface area contributed by atoms with Crippen LogP contribution >= 0.6 is 0 Å². The third kappa shape index (κ3) is 1.61. The second-order valence-electron chi connectivity index (χ2n) is 3.35. The lowest BCUT2D eigenvalue weighted by Gasteiger charge is -2.01. The number of carbonyl (C=O) groups excluding carboxylic acids is 1. The number of aromatic nitrogens is 2. The molecule has 0 spiro atoms. The predicted octanol–water partition coefficient (Wildman–Crippen LogP) is 1.37. The van der Waals surface area contributed by atoms with Gasteiger partial charge in [-0.05, 0) is 12.1 Å². The zero-order valence-corrected chi connectivity index (χ0v) is 8.89. The van der Waals surface area contributed by atoms with Gasteiger partial charge < -0.3 is 9.30 Å². The van der Waals surface area contributed by atoms with E-state index < -0.39 is 0 Å². The van der Waals surface area contributed by atoms with Crippen LogP contribution in [0.3, 0.4) is 0 Å². The maximum atomic E-state index is 10.8. The van der Waals surface area contributed by atoms with Crippen LogP contribution < -0.4 is 4.74 Å². The number of fused-ring (bicyclic) bond motifs is 1. The van der Waals surface area contributed by atoms with E-state index in [1.807, 2.05) is 6.07 Å². The summed E-state index contributed by atoms with van der Waals surface area (Å²) in [7, 11) is 1.74. The number of hydrogen-bond donors (Lipinski definition) is 0. The Labute approximate surface area is 91.9 Å². The van der Waals surface area contributed by atoms with Crippen molar-refractivity contribution >= 4 is 17.0 Å². The molecule has 0 saturated carbocycles. The summed E-state index contributed by atoms with van der Waals surface area (Å²) in [5.41, 5.74) is 1.46. The molecule has 1 aromatic carbocycles. The molecule has 1 heterocycles. The third-order valence-electron chi connectivity index (χ3n) is 2.21. The van der Waals surface area contributed by atoms with E-state index in [4.69, 9.17) is 10.00 Å². The minimum atomic E-state index is -0.373. The number of aryl methyl sites for hydroxylation is 1. The Balaban J connectivity index is 2.57. The van der Waals surface area contributed by atoms with Gasteiger partial charge in [0.05, 0.1) is 11.0 Å². The summed E-state index contributed by atoms with van der Waals surface area (Å²) in [6.07, 6.45) is 0. The van der Waals surface area contributed by atoms with Gasteiger partial charge >= 0.3 is 5.97 Å². The molecule has 0 N–H and O–H groups in total. The Hall–Kier alpha value is -2.35. The van der Waals surface area contributed by atoms with Crippen LogP contribution in [0.2, 0.25) is 0 Å². The number of nitriles is 1. The highest BCUT2D eigenvalue weighted by molar-refractivity contribution is 5.79. The molecule has 0 aliphatic heterocycles. The molecule has 0 radical (unpaired) electrons. The Morgan fingerprint density at radius 3 is 2.94 bits per heavy atom. The Bertz CT molecular complexity index is 607. The molecule has 0 aliphatic rings. The third-order valence-corrected chi connectivity index (χ3v) is 2.21. The summed E-state index contributed by atoms with van der Waals surface area (Å²) in [6.45, 7) is 1.34. The minimum absolute atomic E-state index is 0.329. The van der Waals surface area contributed by atoms with Crippen molar-refractivity contribution in [3.8, 4) is 11.8 Å². The van der Waals surface area contributed by atoms with E-state index in [9.17, 15) is 4.79 Å². The Morgan fingerprint density at radius 1 is 1.56 bits per heavy atom. The molecule has 0 amide bonds. The monoisotopic (exact) mass is 215 g/mol. The summed E-state index contributed by atoms with van der Waals surface area (Å²) < 4.78 is 6.61. The summed E-state index contributed by atoms with van der Waals surface area (Å²) in [5.74, 6) is 0.407. The molecule has 0 fully saturated rings. The molecule has 80 valence electrons. The van der Waals surface area contributed by atoms with Crippen molar-refractivity contribution in [1.82, 2.24) is 9.55 Å². The van der Waals surface area contributed by atoms with Crippen molar-refractivity contribution in [3.63, 3.8) is 0 Å². The maximum absolute atomic E-state index is 10.8. The van der Waals surface area contributed by atoms with Gasteiger partial charge in [-0.25, -0.2) is 4.98 Å². The van der Waals surface area contributed by atoms with Crippen LogP contribution in [0.15, 0.2) is 18.2 Å². The topological polar surface area (TPSA) is 67.9 Å². The number of esters is 1. The van der Waals surface area contributed by atoms with Crippen molar-refractivity contribution < 1.29 is 9.53 Å². The number of carbonyl (C=O) groups is 1. The number of imidazole rings is 1. The second-order valence-corrected chi connectivity index (χ2v) is 3.35. The molecule has 5 heteroatoms. The first kappa shape index (κ1) is 10.2. The van der Waals surface area contributed by atoms with Gasteiger partial charge in [0.2, 0.25) is 5.82 Å². The van der Waals surface area contributed by atoms with Gasteiger partial charge in [0.25, 0.3) is 0 Å². The standard InChI is InChI=1S/C11H9N3O2/c1-7(15)16-8-3-4-9-10(5-8)14(2)11(6-12)13-9/h3-5H,1-2H3. The smallest absolute Gasteiger partial charge is 0.308 e. The number of ether oxygens (including phenoxy) is 1. The lowest BCUT2D eigenvalue weighted by molar-refractivity contribution is -0.131. The van der Waals surface area contributed by atoms with Crippen LogP contribution in [-0.2, 0) is 11.8 Å². The van der Waals surface area contributed by atoms with E-state index in [2.05, 4.69) is 4.98 Å². The molecule has 16 heavy (non-hydrogen) atoms. The van der Waals surface area contributed by atoms with E-state index in [0.29, 0.717) is 17.1 Å². The molecule has 0 saturated heterocycles. The van der Waals surface area contributed by atoms with E-state index in [-0.39, 0.29) is 5.97 Å². The molecular weight excluding hydrogens is 206 g/mol. The molecule has 2 rings (SSSR count). The minimum Gasteiger partial charge on any atom is -0.427 e. The summed E-state index contributed by atoms with van der Waals surface area (Å²) in [6, 6.07) is 7.04. The van der Waals surface area contributed by atoms with Crippen molar-refractivity contribution in [2.45, 2.75) is 6.92 Å². The predicted molar refractivity (Wildman–Crippen MR) is 56.7 cm³/mol. The number of hydrogen-bond acceptors (Lipinski definition) is 4. The summed E-state index contributed by atoms with van der Waals surface area (Å²) in [4.78, 5) is 14.9. The highest BCUT2D eigenvalue weighted by atomic mass is 16.5. The molecule has 0 atom stereocenters. The number of nitrogens with zero attached hydrogens (tertiary/aromatic N) is 3. The molecule has 0 unspecified atom stereocenters. The van der Waals surface area contributed by atoms with Gasteiger partial charge in [-0.15, -0.1) is 0 Å². The average Bonchev–Trinajstić information content (AvgIpc) is 2.55. The fourth-order valence-corrected chi connectivity index (χ4v) is 1.50. The van der Waals surface area contributed by atoms with Crippen LogP contribution in [0.25, 0.3) is 11.0 Å². The SMILES string of the molecule is CC(=O)Oc1ccc2nc(C#N)n(C)c2c1. The van der Waals surface area contributed by atoms with Gasteiger partial charge in [0.1, 0.15) is 11.8 Å². The van der Waals surface area contributed by atoms with Crippen molar-refractivity contribution in [2.24, 2.45) is 7.05 Å². The first-order valence-electron chi connectivity index (χ1n) is 4.67. The quantitative estimate of drug-likeness (QED) is 0.532. The Morgan fingerprint density at radius 2 is 2.31 bits per heavy atom. The van der Waals surface area contributed by atoms with E-state index in [0.717, 1.165) is 5.52 Å². The highest BCUT2D eigenvalue weighted by Gasteiger charge is 2.08. The largest absolute Gasteiger partial charge is 0.427 e. The Kier molecular flexibility index (Phi) is 2.33. The molecular formula is C11H9N3O2. The van der Waals surface area contributed by atoms with Crippen LogP contribution in [0.1, 0.15) is 12.7 Å². The molecule has 0 bridgehead atoms. The zero-order chi connectivity index (χ0) is 11.7. The van der Waals surface area contributed by atoms with E-state index >= 15 is 0 Å². The summed E-state index contributed by atoms with van der Waals surface area (Å²) >= 11 is 0. The normalized spacial score (nSPS) is 10.1. The second kappa shape index (κ2) is 3.66. The fraction of sp³-hybridized carbons (Fsp3) is 0.182. The first-order valence-corrected chi connectivity index (χ1v) is 4.67. The fourth-order valence-electron chi connectivity index (χ4n) is 1.50. The van der Waals surface area contributed by atoms with Gasteiger partial charge in [-0.3, -0.25) is 4.79 Å². The van der Waals surface area contributed by atoms with Gasteiger partial charge in [0.15, 0.2) is 0 Å². The lowest BCUT2D eigenvalue weighted by atomic mass is 10.3.